The average molecular weight is 329 g/mol. The van der Waals surface area contributed by atoms with Gasteiger partial charge < -0.3 is 4.74 Å². The van der Waals surface area contributed by atoms with Gasteiger partial charge in [-0.05, 0) is 30.7 Å². The highest BCUT2D eigenvalue weighted by molar-refractivity contribution is 9.08. The summed E-state index contributed by atoms with van der Waals surface area (Å²) in [5.41, 5.74) is 3.10. The van der Waals surface area contributed by atoms with Gasteiger partial charge in [0.15, 0.2) is 0 Å². The second-order valence-electron chi connectivity index (χ2n) is 4.57. The summed E-state index contributed by atoms with van der Waals surface area (Å²) in [5.74, 6) is 1.32. The molecule has 100 valence electrons. The molecule has 3 rings (SSSR count). The molecule has 0 unspecified atom stereocenters. The lowest BCUT2D eigenvalue weighted by Crippen LogP contribution is -1.93. The molecule has 1 aromatic carbocycles. The van der Waals surface area contributed by atoms with E-state index in [4.69, 9.17) is 4.74 Å². The first-order valence-corrected chi connectivity index (χ1v) is 7.42. The van der Waals surface area contributed by atoms with Gasteiger partial charge in [0.1, 0.15) is 5.75 Å². The molecule has 3 aromatic rings. The molecule has 0 spiro atoms. The van der Waals surface area contributed by atoms with Gasteiger partial charge in [-0.1, -0.05) is 34.1 Å². The van der Waals surface area contributed by atoms with Crippen LogP contribution in [0.25, 0.3) is 10.9 Å². The fraction of sp³-hybridized carbons (Fsp3) is 0.125. The van der Waals surface area contributed by atoms with Gasteiger partial charge in [-0.15, -0.1) is 0 Å². The monoisotopic (exact) mass is 328 g/mol. The maximum absolute atomic E-state index is 5.83. The number of aromatic nitrogens is 2. The first-order valence-electron chi connectivity index (χ1n) is 6.30. The summed E-state index contributed by atoms with van der Waals surface area (Å²) in [6.07, 6.45) is 3.54. The minimum atomic E-state index is 0.617. The Hall–Kier alpha value is -1.94. The lowest BCUT2D eigenvalue weighted by molar-refractivity contribution is 0.457. The zero-order chi connectivity index (χ0) is 13.9. The Kier molecular flexibility index (Phi) is 3.65. The molecule has 0 atom stereocenters. The summed E-state index contributed by atoms with van der Waals surface area (Å²) < 4.78 is 5.83. The van der Waals surface area contributed by atoms with Crippen molar-refractivity contribution in [3.63, 3.8) is 0 Å². The first kappa shape index (κ1) is 13.1. The molecule has 0 saturated carbocycles. The van der Waals surface area contributed by atoms with Gasteiger partial charge >= 0.3 is 0 Å². The van der Waals surface area contributed by atoms with Crippen molar-refractivity contribution in [2.24, 2.45) is 0 Å². The highest BCUT2D eigenvalue weighted by Gasteiger charge is 2.05. The zero-order valence-electron chi connectivity index (χ0n) is 11.0. The molecule has 0 radical (unpaired) electrons. The molecule has 0 amide bonds. The minimum absolute atomic E-state index is 0.617. The number of ether oxygens (including phenoxy) is 1. The van der Waals surface area contributed by atoms with Crippen LogP contribution < -0.4 is 4.74 Å². The van der Waals surface area contributed by atoms with Crippen LogP contribution in [0.4, 0.5) is 0 Å². The van der Waals surface area contributed by atoms with E-state index >= 15 is 0 Å². The van der Waals surface area contributed by atoms with Gasteiger partial charge in [-0.25, -0.2) is 4.98 Å². The summed E-state index contributed by atoms with van der Waals surface area (Å²) in [5, 5.41) is 1.85. The van der Waals surface area contributed by atoms with E-state index in [-0.39, 0.29) is 0 Å². The molecule has 2 heterocycles. The van der Waals surface area contributed by atoms with Gasteiger partial charge in [-0.3, -0.25) is 4.98 Å². The Morgan fingerprint density at radius 3 is 2.75 bits per heavy atom. The highest BCUT2D eigenvalue weighted by atomic mass is 79.9. The van der Waals surface area contributed by atoms with E-state index in [0.29, 0.717) is 11.6 Å². The van der Waals surface area contributed by atoms with Crippen LogP contribution in [-0.2, 0) is 5.33 Å². The average Bonchev–Trinajstić information content (AvgIpc) is 2.49. The number of fused-ring (bicyclic) bond motifs is 1. The number of hydrogen-bond acceptors (Lipinski definition) is 3. The molecule has 0 N–H and O–H groups in total. The van der Waals surface area contributed by atoms with Crippen LogP contribution in [-0.4, -0.2) is 9.97 Å². The molecule has 4 heteroatoms. The fourth-order valence-electron chi connectivity index (χ4n) is 2.02. The number of benzene rings is 1. The SMILES string of the molecule is Cc1cc(CBr)cnc1Oc1cnc2ccccc2c1. The number of pyridine rings is 2. The number of rotatable bonds is 3. The second kappa shape index (κ2) is 5.59. The lowest BCUT2D eigenvalue weighted by atomic mass is 10.2. The molecule has 0 fully saturated rings. The Bertz CT molecular complexity index is 758. The molecule has 20 heavy (non-hydrogen) atoms. The number of nitrogens with zero attached hydrogens (tertiary/aromatic N) is 2. The number of para-hydroxylation sites is 1. The smallest absolute Gasteiger partial charge is 0.222 e. The van der Waals surface area contributed by atoms with Crippen molar-refractivity contribution in [2.75, 3.05) is 0 Å². The third-order valence-corrected chi connectivity index (χ3v) is 3.67. The van der Waals surface area contributed by atoms with Gasteiger partial charge in [0.25, 0.3) is 0 Å². The highest BCUT2D eigenvalue weighted by Crippen LogP contribution is 2.25. The molecule has 0 aliphatic rings. The van der Waals surface area contributed by atoms with E-state index < -0.39 is 0 Å². The van der Waals surface area contributed by atoms with Gasteiger partial charge in [0.05, 0.1) is 11.7 Å². The zero-order valence-corrected chi connectivity index (χ0v) is 12.6. The second-order valence-corrected chi connectivity index (χ2v) is 5.13. The number of alkyl halides is 1. The largest absolute Gasteiger partial charge is 0.437 e. The van der Waals surface area contributed by atoms with Crippen molar-refractivity contribution in [1.82, 2.24) is 9.97 Å². The van der Waals surface area contributed by atoms with Crippen molar-refractivity contribution in [2.45, 2.75) is 12.3 Å². The maximum Gasteiger partial charge on any atom is 0.222 e. The maximum atomic E-state index is 5.83. The third kappa shape index (κ3) is 2.65. The number of aryl methyl sites for hydroxylation is 1. The summed E-state index contributed by atoms with van der Waals surface area (Å²) in [7, 11) is 0. The van der Waals surface area contributed by atoms with E-state index in [1.54, 1.807) is 6.20 Å². The third-order valence-electron chi connectivity index (χ3n) is 3.02. The number of halogens is 1. The van der Waals surface area contributed by atoms with E-state index in [2.05, 4.69) is 32.0 Å². The normalized spacial score (nSPS) is 10.7. The van der Waals surface area contributed by atoms with E-state index in [0.717, 1.165) is 27.4 Å². The molecular weight excluding hydrogens is 316 g/mol. The van der Waals surface area contributed by atoms with Crippen LogP contribution in [0.15, 0.2) is 48.8 Å². The lowest BCUT2D eigenvalue weighted by Gasteiger charge is -2.08. The van der Waals surface area contributed by atoms with Crippen molar-refractivity contribution < 1.29 is 4.74 Å². The van der Waals surface area contributed by atoms with Crippen LogP contribution in [0, 0.1) is 6.92 Å². The van der Waals surface area contributed by atoms with Crippen molar-refractivity contribution in [1.29, 1.82) is 0 Å². The Balaban J connectivity index is 1.92. The Labute approximate surface area is 125 Å². The summed E-state index contributed by atoms with van der Waals surface area (Å²) >= 11 is 3.42. The van der Waals surface area contributed by atoms with Gasteiger partial charge in [-0.2, -0.15) is 0 Å². The molecule has 3 nitrogen and oxygen atoms in total. The van der Waals surface area contributed by atoms with Crippen LogP contribution >= 0.6 is 15.9 Å². The molecule has 0 saturated heterocycles. The Morgan fingerprint density at radius 2 is 1.95 bits per heavy atom. The van der Waals surface area contributed by atoms with Gasteiger partial charge in [0.2, 0.25) is 5.88 Å². The molecule has 0 bridgehead atoms. The standard InChI is InChI=1S/C16H13BrN2O/c1-11-6-12(8-17)9-19-16(11)20-14-7-13-4-2-3-5-15(13)18-10-14/h2-7,9-10H,8H2,1H3. The molecular formula is C16H13BrN2O. The van der Waals surface area contributed by atoms with E-state index in [9.17, 15) is 0 Å². The topological polar surface area (TPSA) is 35.0 Å². The molecule has 2 aromatic heterocycles. The molecule has 0 aliphatic heterocycles. The molecule has 0 aliphatic carbocycles. The fourth-order valence-corrected chi connectivity index (χ4v) is 2.33. The van der Waals surface area contributed by atoms with Crippen LogP contribution in [0.5, 0.6) is 11.6 Å². The van der Waals surface area contributed by atoms with Crippen LogP contribution in [0.2, 0.25) is 0 Å². The minimum Gasteiger partial charge on any atom is -0.437 e. The summed E-state index contributed by atoms with van der Waals surface area (Å²) in [4.78, 5) is 8.72. The predicted octanol–water partition coefficient (Wildman–Crippen LogP) is 4.63. The van der Waals surface area contributed by atoms with Crippen LogP contribution in [0.3, 0.4) is 0 Å². The van der Waals surface area contributed by atoms with Crippen molar-refractivity contribution in [3.8, 4) is 11.6 Å². The van der Waals surface area contributed by atoms with Gasteiger partial charge in [0, 0.05) is 22.5 Å². The number of hydrogen-bond donors (Lipinski definition) is 0. The first-order chi connectivity index (χ1) is 9.76. The van der Waals surface area contributed by atoms with Crippen molar-refractivity contribution >= 4 is 26.8 Å². The van der Waals surface area contributed by atoms with Crippen LogP contribution in [0.1, 0.15) is 11.1 Å². The van der Waals surface area contributed by atoms with E-state index in [1.165, 1.54) is 0 Å². The Morgan fingerprint density at radius 1 is 1.10 bits per heavy atom. The summed E-state index contributed by atoms with van der Waals surface area (Å²) in [6, 6.07) is 12.0. The quantitative estimate of drug-likeness (QED) is 0.658. The summed E-state index contributed by atoms with van der Waals surface area (Å²) in [6.45, 7) is 1.99. The predicted molar refractivity (Wildman–Crippen MR) is 83.4 cm³/mol. The van der Waals surface area contributed by atoms with Crippen molar-refractivity contribution in [3.05, 3.63) is 59.9 Å². The van der Waals surface area contributed by atoms with E-state index in [1.807, 2.05) is 43.5 Å².